The average Bonchev–Trinajstić information content (AvgIpc) is 3.31. The summed E-state index contributed by atoms with van der Waals surface area (Å²) in [6.45, 7) is 0.617. The molecule has 1 aliphatic rings. The fourth-order valence-electron chi connectivity index (χ4n) is 3.48. The van der Waals surface area contributed by atoms with Crippen LogP contribution in [0.2, 0.25) is 0 Å². The molecule has 0 aliphatic heterocycles. The maximum Gasteiger partial charge on any atom is 0.261 e. The number of rotatable bonds is 5. The van der Waals surface area contributed by atoms with Gasteiger partial charge in [-0.25, -0.2) is 0 Å². The molecule has 1 N–H and O–H groups in total. The van der Waals surface area contributed by atoms with Crippen LogP contribution in [0.3, 0.4) is 0 Å². The molecule has 0 fully saturated rings. The molecule has 134 valence electrons. The standard InChI is InChI=1S/C21H22N2OS2/c1-23(2)17(18-8-5-11-25-18)13-22-21(24)19-12-15-10-9-14-6-3-4-7-16(14)20(15)26-19/h3-8,11-12,17H,9-10,13H2,1-2H3,(H,22,24)/t17-/m1/s1. The van der Waals surface area contributed by atoms with Crippen LogP contribution in [0.1, 0.15) is 31.7 Å². The van der Waals surface area contributed by atoms with Gasteiger partial charge in [-0.3, -0.25) is 4.79 Å². The molecule has 1 atom stereocenters. The third kappa shape index (κ3) is 3.34. The number of nitrogens with zero attached hydrogens (tertiary/aromatic N) is 1. The Morgan fingerprint density at radius 3 is 2.73 bits per heavy atom. The lowest BCUT2D eigenvalue weighted by Crippen LogP contribution is -2.33. The van der Waals surface area contributed by atoms with Crippen molar-refractivity contribution in [1.82, 2.24) is 10.2 Å². The molecule has 0 spiro atoms. The molecule has 3 aromatic rings. The van der Waals surface area contributed by atoms with E-state index < -0.39 is 0 Å². The summed E-state index contributed by atoms with van der Waals surface area (Å²) in [5.41, 5.74) is 3.99. The first-order chi connectivity index (χ1) is 12.6. The first-order valence-electron chi connectivity index (χ1n) is 8.82. The fraction of sp³-hybridized carbons (Fsp3) is 0.286. The Bertz CT molecular complexity index is 912. The molecule has 3 nitrogen and oxygen atoms in total. The lowest BCUT2D eigenvalue weighted by atomic mass is 9.91. The lowest BCUT2D eigenvalue weighted by molar-refractivity contribution is 0.0946. The van der Waals surface area contributed by atoms with E-state index in [1.54, 1.807) is 22.7 Å². The molecule has 1 aromatic carbocycles. The van der Waals surface area contributed by atoms with Crippen molar-refractivity contribution < 1.29 is 4.79 Å². The van der Waals surface area contributed by atoms with Gasteiger partial charge in [0.25, 0.3) is 5.91 Å². The highest BCUT2D eigenvalue weighted by atomic mass is 32.1. The molecule has 0 saturated carbocycles. The van der Waals surface area contributed by atoms with Crippen LogP contribution < -0.4 is 5.32 Å². The third-order valence-electron chi connectivity index (χ3n) is 4.91. The molecule has 4 rings (SSSR count). The van der Waals surface area contributed by atoms with E-state index in [9.17, 15) is 4.79 Å². The monoisotopic (exact) mass is 382 g/mol. The van der Waals surface area contributed by atoms with Crippen LogP contribution in [0, 0.1) is 0 Å². The van der Waals surface area contributed by atoms with Gasteiger partial charge in [0, 0.05) is 16.3 Å². The van der Waals surface area contributed by atoms with E-state index in [4.69, 9.17) is 0 Å². The largest absolute Gasteiger partial charge is 0.349 e. The maximum atomic E-state index is 12.8. The second-order valence-electron chi connectivity index (χ2n) is 6.83. The molecule has 0 unspecified atom stereocenters. The predicted octanol–water partition coefficient (Wildman–Crippen LogP) is 4.61. The minimum atomic E-state index is 0.0327. The van der Waals surface area contributed by atoms with Crippen LogP contribution in [0.25, 0.3) is 10.4 Å². The van der Waals surface area contributed by atoms with Crippen molar-refractivity contribution in [2.75, 3.05) is 20.6 Å². The van der Waals surface area contributed by atoms with Crippen LogP contribution in [0.5, 0.6) is 0 Å². The molecule has 5 heteroatoms. The number of benzene rings is 1. The molecule has 0 radical (unpaired) electrons. The summed E-state index contributed by atoms with van der Waals surface area (Å²) in [6, 6.07) is 15.0. The van der Waals surface area contributed by atoms with Crippen molar-refractivity contribution in [3.63, 3.8) is 0 Å². The van der Waals surface area contributed by atoms with Crippen LogP contribution in [0.4, 0.5) is 0 Å². The van der Waals surface area contributed by atoms with Gasteiger partial charge in [-0.05, 0) is 61.1 Å². The number of amides is 1. The van der Waals surface area contributed by atoms with Crippen LogP contribution in [-0.2, 0) is 12.8 Å². The Hall–Kier alpha value is -1.95. The Morgan fingerprint density at radius 1 is 1.15 bits per heavy atom. The van der Waals surface area contributed by atoms with Crippen molar-refractivity contribution in [3.8, 4) is 10.4 Å². The number of aryl methyl sites for hydroxylation is 2. The van der Waals surface area contributed by atoms with E-state index in [1.165, 1.54) is 26.4 Å². The van der Waals surface area contributed by atoms with Crippen molar-refractivity contribution in [3.05, 3.63) is 68.7 Å². The molecule has 0 saturated heterocycles. The zero-order valence-corrected chi connectivity index (χ0v) is 16.6. The molecule has 26 heavy (non-hydrogen) atoms. The summed E-state index contributed by atoms with van der Waals surface area (Å²) in [7, 11) is 4.11. The SMILES string of the molecule is CN(C)[C@H](CNC(=O)c1cc2c(s1)-c1ccccc1CC2)c1cccs1. The summed E-state index contributed by atoms with van der Waals surface area (Å²) in [6.07, 6.45) is 2.08. The Labute approximate surface area is 162 Å². The highest BCUT2D eigenvalue weighted by Crippen LogP contribution is 2.39. The van der Waals surface area contributed by atoms with Gasteiger partial charge in [0.2, 0.25) is 0 Å². The highest BCUT2D eigenvalue weighted by molar-refractivity contribution is 7.17. The van der Waals surface area contributed by atoms with Crippen LogP contribution >= 0.6 is 22.7 Å². The topological polar surface area (TPSA) is 32.3 Å². The maximum absolute atomic E-state index is 12.8. The van der Waals surface area contributed by atoms with Gasteiger partial charge in [0.15, 0.2) is 0 Å². The third-order valence-corrected chi connectivity index (χ3v) is 7.09. The first-order valence-corrected chi connectivity index (χ1v) is 10.5. The molecule has 1 amide bonds. The van der Waals surface area contributed by atoms with Crippen LogP contribution in [0.15, 0.2) is 47.8 Å². The van der Waals surface area contributed by atoms with Gasteiger partial charge >= 0.3 is 0 Å². The molecule has 2 aromatic heterocycles. The van der Waals surface area contributed by atoms with Gasteiger partial charge in [0.1, 0.15) is 0 Å². The zero-order valence-electron chi connectivity index (χ0n) is 15.0. The normalized spacial score (nSPS) is 14.0. The molecular weight excluding hydrogens is 360 g/mol. The van der Waals surface area contributed by atoms with Gasteiger partial charge in [-0.2, -0.15) is 0 Å². The first kappa shape index (κ1) is 17.5. The summed E-state index contributed by atoms with van der Waals surface area (Å²) in [5.74, 6) is 0.0327. The van der Waals surface area contributed by atoms with Gasteiger partial charge in [-0.1, -0.05) is 30.3 Å². The highest BCUT2D eigenvalue weighted by Gasteiger charge is 2.22. The fourth-order valence-corrected chi connectivity index (χ4v) is 5.59. The summed E-state index contributed by atoms with van der Waals surface area (Å²) >= 11 is 3.35. The van der Waals surface area contributed by atoms with E-state index in [0.29, 0.717) is 6.54 Å². The number of fused-ring (bicyclic) bond motifs is 3. The van der Waals surface area contributed by atoms with E-state index in [1.807, 2.05) is 0 Å². The number of hydrogen-bond donors (Lipinski definition) is 1. The lowest BCUT2D eigenvalue weighted by Gasteiger charge is -2.23. The number of hydrogen-bond acceptors (Lipinski definition) is 4. The van der Waals surface area contributed by atoms with Crippen molar-refractivity contribution in [2.24, 2.45) is 0 Å². The van der Waals surface area contributed by atoms with Crippen LogP contribution in [-0.4, -0.2) is 31.4 Å². The van der Waals surface area contributed by atoms with E-state index >= 15 is 0 Å². The Kier molecular flexibility index (Phi) is 4.94. The summed E-state index contributed by atoms with van der Waals surface area (Å²) in [5, 5.41) is 5.22. The second-order valence-corrected chi connectivity index (χ2v) is 8.86. The van der Waals surface area contributed by atoms with Crippen molar-refractivity contribution in [1.29, 1.82) is 0 Å². The zero-order chi connectivity index (χ0) is 18.1. The smallest absolute Gasteiger partial charge is 0.261 e. The minimum absolute atomic E-state index is 0.0327. The average molecular weight is 383 g/mol. The molecule has 2 heterocycles. The number of carbonyl (C=O) groups excluding carboxylic acids is 1. The van der Waals surface area contributed by atoms with Crippen molar-refractivity contribution in [2.45, 2.75) is 18.9 Å². The number of nitrogens with one attached hydrogen (secondary N) is 1. The number of likely N-dealkylation sites (N-methyl/N-ethyl adjacent to an activating group) is 1. The summed E-state index contributed by atoms with van der Waals surface area (Å²) in [4.78, 5) is 18.3. The van der Waals surface area contributed by atoms with E-state index in [0.717, 1.165) is 17.7 Å². The second kappa shape index (κ2) is 7.35. The molecule has 0 bridgehead atoms. The number of thiophene rings is 2. The van der Waals surface area contributed by atoms with Gasteiger partial charge in [0.05, 0.1) is 10.9 Å². The molecule has 1 aliphatic carbocycles. The number of carbonyl (C=O) groups is 1. The van der Waals surface area contributed by atoms with Gasteiger partial charge < -0.3 is 10.2 Å². The quantitative estimate of drug-likeness (QED) is 0.699. The Morgan fingerprint density at radius 2 is 1.96 bits per heavy atom. The minimum Gasteiger partial charge on any atom is -0.349 e. The summed E-state index contributed by atoms with van der Waals surface area (Å²) < 4.78 is 0. The van der Waals surface area contributed by atoms with Gasteiger partial charge in [-0.15, -0.1) is 22.7 Å². The van der Waals surface area contributed by atoms with E-state index in [2.05, 4.69) is 72.2 Å². The van der Waals surface area contributed by atoms with Crippen molar-refractivity contribution >= 4 is 28.6 Å². The predicted molar refractivity (Wildman–Crippen MR) is 110 cm³/mol. The molecular formula is C21H22N2OS2. The van der Waals surface area contributed by atoms with E-state index in [-0.39, 0.29) is 11.9 Å². The Balaban J connectivity index is 1.51.